The highest BCUT2D eigenvalue weighted by atomic mass is 16.3. The molecule has 0 rings (SSSR count). The molecule has 13 heteroatoms. The van der Waals surface area contributed by atoms with Gasteiger partial charge in [-0.1, -0.05) is 0 Å². The zero-order chi connectivity index (χ0) is 20.1. The summed E-state index contributed by atoms with van der Waals surface area (Å²) in [4.78, 5) is 14.9. The van der Waals surface area contributed by atoms with Gasteiger partial charge in [-0.25, -0.2) is 0 Å². The van der Waals surface area contributed by atoms with Crippen LogP contribution in [0.15, 0.2) is 0 Å². The first-order valence-corrected chi connectivity index (χ1v) is 9.07. The Kier molecular flexibility index (Phi) is 14.2. The van der Waals surface area contributed by atoms with Gasteiger partial charge in [0.15, 0.2) is 5.81 Å². The van der Waals surface area contributed by atoms with Gasteiger partial charge in [0, 0.05) is 32.8 Å². The third-order valence-electron chi connectivity index (χ3n) is 4.01. The van der Waals surface area contributed by atoms with Crippen molar-refractivity contribution < 1.29 is 25.0 Å². The summed E-state index contributed by atoms with van der Waals surface area (Å²) in [7, 11) is 3.42. The molecule has 26 heavy (non-hydrogen) atoms. The van der Waals surface area contributed by atoms with E-state index in [4.69, 9.17) is 7.85 Å². The van der Waals surface area contributed by atoms with Crippen molar-refractivity contribution in [3.05, 3.63) is 0 Å². The first-order valence-electron chi connectivity index (χ1n) is 9.07. The van der Waals surface area contributed by atoms with Crippen molar-refractivity contribution >= 4 is 34.8 Å². The van der Waals surface area contributed by atoms with Crippen LogP contribution in [-0.2, 0) is 0 Å². The molecule has 0 saturated heterocycles. The lowest BCUT2D eigenvalue weighted by Gasteiger charge is -2.32. The molecule has 2 radical (unpaired) electrons. The molecule has 0 aliphatic heterocycles. The summed E-state index contributed by atoms with van der Waals surface area (Å²) in [6, 6.07) is 0. The summed E-state index contributed by atoms with van der Waals surface area (Å²) in [6.07, 6.45) is 0.459. The maximum atomic E-state index is 11.7. The Morgan fingerprint density at radius 3 is 2.00 bits per heavy atom. The quantitative estimate of drug-likeness (QED) is 0.174. The zero-order valence-electron chi connectivity index (χ0n) is 16.1. The SMILES string of the molecule is [B]C(=O)N(CCNB(C)O)CC(CCO)CN(CCNB(C)O)B(C)O. The molecule has 0 bridgehead atoms. The van der Waals surface area contributed by atoms with Gasteiger partial charge in [0.1, 0.15) is 0 Å². The summed E-state index contributed by atoms with van der Waals surface area (Å²) >= 11 is 0. The number of hydrogen-bond acceptors (Lipinski definition) is 8. The minimum Gasteiger partial charge on any atom is -0.437 e. The number of carbonyl (C=O) groups excluding carboxylic acids is 1. The van der Waals surface area contributed by atoms with Gasteiger partial charge in [-0.2, -0.15) is 0 Å². The van der Waals surface area contributed by atoms with Crippen molar-refractivity contribution in [1.29, 1.82) is 0 Å². The zero-order valence-corrected chi connectivity index (χ0v) is 16.1. The average Bonchev–Trinajstić information content (AvgIpc) is 2.51. The van der Waals surface area contributed by atoms with Crippen molar-refractivity contribution in [1.82, 2.24) is 20.2 Å². The van der Waals surface area contributed by atoms with E-state index in [-0.39, 0.29) is 12.5 Å². The van der Waals surface area contributed by atoms with E-state index < -0.39 is 27.0 Å². The summed E-state index contributed by atoms with van der Waals surface area (Å²) in [6.45, 7) is 7.35. The molecule has 0 fully saturated rings. The van der Waals surface area contributed by atoms with Crippen LogP contribution in [0.25, 0.3) is 0 Å². The molecule has 9 nitrogen and oxygen atoms in total. The van der Waals surface area contributed by atoms with Crippen LogP contribution in [0.1, 0.15) is 6.42 Å². The Balaban J connectivity index is 4.73. The van der Waals surface area contributed by atoms with Crippen LogP contribution in [0.2, 0.25) is 20.5 Å². The number of carbonyl (C=O) groups is 1. The molecule has 0 heterocycles. The van der Waals surface area contributed by atoms with Crippen LogP contribution in [0.3, 0.4) is 0 Å². The first-order chi connectivity index (χ1) is 12.2. The minimum absolute atomic E-state index is 0.0389. The van der Waals surface area contributed by atoms with Crippen LogP contribution >= 0.6 is 0 Å². The smallest absolute Gasteiger partial charge is 0.376 e. The largest absolute Gasteiger partial charge is 0.437 e. The van der Waals surface area contributed by atoms with Gasteiger partial charge < -0.3 is 40.3 Å². The lowest BCUT2D eigenvalue weighted by molar-refractivity contribution is 0.180. The highest BCUT2D eigenvalue weighted by Gasteiger charge is 2.23. The Morgan fingerprint density at radius 2 is 1.58 bits per heavy atom. The van der Waals surface area contributed by atoms with E-state index in [0.717, 1.165) is 0 Å². The topological polar surface area (TPSA) is 129 Å². The third kappa shape index (κ3) is 12.7. The lowest BCUT2D eigenvalue weighted by atomic mass is 9.82. The molecular formula is C13H32B4N4O5. The number of nitrogens with zero attached hydrogens (tertiary/aromatic N) is 2. The average molecular weight is 368 g/mol. The normalized spacial score (nSPS) is 12.2. The summed E-state index contributed by atoms with van der Waals surface area (Å²) in [5.74, 6) is -0.653. The number of rotatable bonds is 15. The fourth-order valence-electron chi connectivity index (χ4n) is 2.61. The second-order valence-corrected chi connectivity index (χ2v) is 6.55. The summed E-state index contributed by atoms with van der Waals surface area (Å²) in [5.41, 5.74) is 0. The minimum atomic E-state index is -0.703. The highest BCUT2D eigenvalue weighted by molar-refractivity contribution is 6.56. The van der Waals surface area contributed by atoms with E-state index in [9.17, 15) is 25.0 Å². The van der Waals surface area contributed by atoms with Crippen LogP contribution in [0.5, 0.6) is 0 Å². The molecular weight excluding hydrogens is 335 g/mol. The van der Waals surface area contributed by atoms with E-state index in [1.807, 2.05) is 4.81 Å². The van der Waals surface area contributed by atoms with Crippen molar-refractivity contribution in [2.75, 3.05) is 45.9 Å². The fraction of sp³-hybridized carbons (Fsp3) is 0.923. The predicted molar refractivity (Wildman–Crippen MR) is 107 cm³/mol. The fourth-order valence-corrected chi connectivity index (χ4v) is 2.61. The first kappa shape index (κ1) is 25.4. The number of aliphatic hydroxyl groups excluding tert-OH is 1. The maximum Gasteiger partial charge on any atom is 0.376 e. The second-order valence-electron chi connectivity index (χ2n) is 6.55. The van der Waals surface area contributed by atoms with Crippen LogP contribution in [0.4, 0.5) is 4.79 Å². The van der Waals surface area contributed by atoms with Crippen LogP contribution in [0, 0.1) is 5.92 Å². The van der Waals surface area contributed by atoms with Gasteiger partial charge >= 0.3 is 21.2 Å². The van der Waals surface area contributed by atoms with Crippen LogP contribution in [-0.4, -0.2) is 111 Å². The molecule has 1 atom stereocenters. The molecule has 0 aromatic rings. The molecule has 0 aliphatic carbocycles. The molecule has 1 amide bonds. The van der Waals surface area contributed by atoms with E-state index in [1.54, 1.807) is 20.5 Å². The van der Waals surface area contributed by atoms with Gasteiger partial charge in [0.2, 0.25) is 7.85 Å². The Labute approximate surface area is 159 Å². The van der Waals surface area contributed by atoms with Gasteiger partial charge in [0.05, 0.1) is 0 Å². The van der Waals surface area contributed by atoms with Gasteiger partial charge in [-0.05, 0) is 45.9 Å². The predicted octanol–water partition coefficient (Wildman–Crippen LogP) is -2.61. The summed E-state index contributed by atoms with van der Waals surface area (Å²) < 4.78 is 0. The van der Waals surface area contributed by atoms with Crippen molar-refractivity contribution in [2.45, 2.75) is 26.9 Å². The molecule has 0 aromatic heterocycles. The molecule has 0 saturated carbocycles. The Bertz CT molecular complexity index is 382. The summed E-state index contributed by atoms with van der Waals surface area (Å²) in [5, 5.41) is 43.5. The molecule has 1 unspecified atom stereocenters. The molecule has 0 aliphatic rings. The van der Waals surface area contributed by atoms with Gasteiger partial charge in [0.25, 0.3) is 0 Å². The molecule has 146 valence electrons. The Morgan fingerprint density at radius 1 is 1.04 bits per heavy atom. The monoisotopic (exact) mass is 368 g/mol. The van der Waals surface area contributed by atoms with Crippen LogP contribution < -0.4 is 10.5 Å². The number of aliphatic hydroxyl groups is 1. The van der Waals surface area contributed by atoms with Crippen molar-refractivity contribution in [3.8, 4) is 0 Å². The molecule has 0 aromatic carbocycles. The number of hydrogen-bond donors (Lipinski definition) is 6. The maximum absolute atomic E-state index is 11.7. The van der Waals surface area contributed by atoms with E-state index >= 15 is 0 Å². The van der Waals surface area contributed by atoms with Gasteiger partial charge in [-0.15, -0.1) is 0 Å². The van der Waals surface area contributed by atoms with Crippen molar-refractivity contribution in [2.24, 2.45) is 5.92 Å². The second kappa shape index (κ2) is 14.5. The Hall–Kier alpha value is -0.550. The number of amides is 1. The van der Waals surface area contributed by atoms with E-state index in [2.05, 4.69) is 10.5 Å². The number of nitrogens with one attached hydrogen (secondary N) is 2. The van der Waals surface area contributed by atoms with E-state index in [1.165, 1.54) is 4.90 Å². The third-order valence-corrected chi connectivity index (χ3v) is 4.01. The van der Waals surface area contributed by atoms with E-state index in [0.29, 0.717) is 45.7 Å². The highest BCUT2D eigenvalue weighted by Crippen LogP contribution is 2.10. The van der Waals surface area contributed by atoms with Gasteiger partial charge in [-0.3, -0.25) is 4.79 Å². The molecule has 0 spiro atoms. The van der Waals surface area contributed by atoms with Crippen molar-refractivity contribution in [3.63, 3.8) is 0 Å². The standard InChI is InChI=1S/C13H32B4N4O5/c1-15(24)18-5-7-20(13(14)23)10-12(4-9-22)11-21(17(3)26)8-6-19-16(2)25/h12,18-19,22,24-26H,4-11H2,1-3H3. The lowest BCUT2D eigenvalue weighted by Crippen LogP contribution is -2.49. The molecule has 6 N–H and O–H groups in total.